The minimum Gasteiger partial charge on any atom is -0.390 e. The summed E-state index contributed by atoms with van der Waals surface area (Å²) < 4.78 is 40.1. The summed E-state index contributed by atoms with van der Waals surface area (Å²) in [5, 5.41) is 13.9. The van der Waals surface area contributed by atoms with Crippen LogP contribution in [0.25, 0.3) is 10.9 Å². The molecule has 2 N–H and O–H groups in total. The summed E-state index contributed by atoms with van der Waals surface area (Å²) in [5.41, 5.74) is -0.631. The molecule has 0 aliphatic carbocycles. The molecule has 0 unspecified atom stereocenters. The van der Waals surface area contributed by atoms with Gasteiger partial charge < -0.3 is 15.3 Å². The van der Waals surface area contributed by atoms with Gasteiger partial charge >= 0.3 is 6.18 Å². The van der Waals surface area contributed by atoms with E-state index in [4.69, 9.17) is 0 Å². The van der Waals surface area contributed by atoms with E-state index >= 15 is 0 Å². The number of aromatic nitrogens is 1. The van der Waals surface area contributed by atoms with E-state index in [0.29, 0.717) is 30.8 Å². The van der Waals surface area contributed by atoms with Crippen LogP contribution in [0.5, 0.6) is 0 Å². The van der Waals surface area contributed by atoms with Crippen molar-refractivity contribution < 1.29 is 18.3 Å². The first-order valence-corrected chi connectivity index (χ1v) is 9.70. The fraction of sp³-hybridized carbons (Fsp3) is 0.571. The van der Waals surface area contributed by atoms with Crippen molar-refractivity contribution in [2.45, 2.75) is 51.4 Å². The maximum absolute atomic E-state index is 13.4. The van der Waals surface area contributed by atoms with Crippen molar-refractivity contribution in [1.29, 1.82) is 0 Å². The molecule has 154 valence electrons. The van der Waals surface area contributed by atoms with Crippen molar-refractivity contribution in [3.05, 3.63) is 36.0 Å². The largest absolute Gasteiger partial charge is 0.418 e. The highest BCUT2D eigenvalue weighted by Gasteiger charge is 2.34. The van der Waals surface area contributed by atoms with Crippen LogP contribution in [0.3, 0.4) is 0 Å². The molecule has 1 aliphatic rings. The molecule has 0 radical (unpaired) electrons. The Bertz CT molecular complexity index is 817. The van der Waals surface area contributed by atoms with Gasteiger partial charge in [-0.2, -0.15) is 13.2 Å². The highest BCUT2D eigenvalue weighted by atomic mass is 19.4. The van der Waals surface area contributed by atoms with Crippen LogP contribution in [-0.2, 0) is 6.18 Å². The minimum atomic E-state index is -4.43. The number of aliphatic hydroxyl groups is 1. The Morgan fingerprint density at radius 2 is 1.96 bits per heavy atom. The second kappa shape index (κ2) is 7.87. The number of fused-ring (bicyclic) bond motifs is 1. The first-order chi connectivity index (χ1) is 13.0. The standard InChI is InChI=1S/C21H28F3N3O/c1-14-11-15(25-10-8-20(2,3)28)13-27(12-14)18-7-6-17(21(22,23)24)19-16(18)5-4-9-26-19/h4-7,9,14-15,25,28H,8,10-13H2,1-3H3/t14-,15+/m0/s1. The van der Waals surface area contributed by atoms with E-state index in [1.165, 1.54) is 6.20 Å². The third-order valence-electron chi connectivity index (χ3n) is 5.22. The third kappa shape index (κ3) is 4.94. The van der Waals surface area contributed by atoms with Crippen LogP contribution in [0.15, 0.2) is 30.5 Å². The second-order valence-electron chi connectivity index (χ2n) is 8.49. The van der Waals surface area contributed by atoms with Crippen LogP contribution < -0.4 is 10.2 Å². The van der Waals surface area contributed by atoms with Crippen molar-refractivity contribution in [2.75, 3.05) is 24.5 Å². The zero-order valence-corrected chi connectivity index (χ0v) is 16.6. The molecular weight excluding hydrogens is 367 g/mol. The lowest BCUT2D eigenvalue weighted by Gasteiger charge is -2.39. The predicted molar refractivity (Wildman–Crippen MR) is 105 cm³/mol. The minimum absolute atomic E-state index is 0.00253. The van der Waals surface area contributed by atoms with E-state index in [1.807, 2.05) is 0 Å². The number of nitrogens with zero attached hydrogens (tertiary/aromatic N) is 2. The van der Waals surface area contributed by atoms with Crippen LogP contribution >= 0.6 is 0 Å². The summed E-state index contributed by atoms with van der Waals surface area (Å²) >= 11 is 0. The molecule has 1 aliphatic heterocycles. The second-order valence-corrected chi connectivity index (χ2v) is 8.49. The van der Waals surface area contributed by atoms with Gasteiger partial charge in [-0.05, 0) is 63.4 Å². The van der Waals surface area contributed by atoms with Gasteiger partial charge in [0.15, 0.2) is 0 Å². The first kappa shape index (κ1) is 20.9. The van der Waals surface area contributed by atoms with Crippen LogP contribution in [0, 0.1) is 5.92 Å². The summed E-state index contributed by atoms with van der Waals surface area (Å²) in [7, 11) is 0. The molecule has 3 rings (SSSR count). The van der Waals surface area contributed by atoms with Crippen molar-refractivity contribution in [3.63, 3.8) is 0 Å². The Morgan fingerprint density at radius 3 is 2.64 bits per heavy atom. The van der Waals surface area contributed by atoms with Gasteiger partial charge in [-0.25, -0.2) is 0 Å². The average Bonchev–Trinajstić information content (AvgIpc) is 2.58. The molecular formula is C21H28F3N3O. The smallest absolute Gasteiger partial charge is 0.390 e. The molecule has 2 heterocycles. The summed E-state index contributed by atoms with van der Waals surface area (Å²) in [5.74, 6) is 0.405. The summed E-state index contributed by atoms with van der Waals surface area (Å²) in [6, 6.07) is 6.32. The van der Waals surface area contributed by atoms with E-state index in [0.717, 1.165) is 24.7 Å². The van der Waals surface area contributed by atoms with Gasteiger partial charge in [0.25, 0.3) is 0 Å². The van der Waals surface area contributed by atoms with Crippen LogP contribution in [-0.4, -0.2) is 41.4 Å². The molecule has 7 heteroatoms. The van der Waals surface area contributed by atoms with Gasteiger partial charge in [0.2, 0.25) is 0 Å². The molecule has 2 aromatic rings. The van der Waals surface area contributed by atoms with Crippen molar-refractivity contribution >= 4 is 16.6 Å². The molecule has 4 nitrogen and oxygen atoms in total. The van der Waals surface area contributed by atoms with Gasteiger partial charge in [-0.15, -0.1) is 0 Å². The number of piperidine rings is 1. The SMILES string of the molecule is C[C@H]1C[C@@H](NCCC(C)(C)O)CN(c2ccc(C(F)(F)F)c3ncccc23)C1. The molecule has 1 fully saturated rings. The number of anilines is 1. The monoisotopic (exact) mass is 395 g/mol. The van der Waals surface area contributed by atoms with Crippen LogP contribution in [0.2, 0.25) is 0 Å². The number of alkyl halides is 3. The molecule has 0 spiro atoms. The number of halogens is 3. The van der Waals surface area contributed by atoms with Crippen molar-refractivity contribution in [2.24, 2.45) is 5.92 Å². The average molecular weight is 395 g/mol. The van der Waals surface area contributed by atoms with E-state index in [-0.39, 0.29) is 11.6 Å². The Labute approximate surface area is 163 Å². The Hall–Kier alpha value is -1.86. The number of nitrogens with one attached hydrogen (secondary N) is 1. The van der Waals surface area contributed by atoms with E-state index < -0.39 is 17.3 Å². The number of hydrogen-bond donors (Lipinski definition) is 2. The number of pyridine rings is 1. The molecule has 1 aromatic heterocycles. The lowest BCUT2D eigenvalue weighted by atomic mass is 9.94. The van der Waals surface area contributed by atoms with Gasteiger partial charge in [0, 0.05) is 36.4 Å². The zero-order chi connectivity index (χ0) is 20.5. The lowest BCUT2D eigenvalue weighted by molar-refractivity contribution is -0.136. The summed E-state index contributed by atoms with van der Waals surface area (Å²) in [4.78, 5) is 6.18. The zero-order valence-electron chi connectivity index (χ0n) is 16.6. The molecule has 0 amide bonds. The van der Waals surface area contributed by atoms with E-state index in [2.05, 4.69) is 22.1 Å². The molecule has 28 heavy (non-hydrogen) atoms. The molecule has 0 saturated carbocycles. The maximum atomic E-state index is 13.4. The number of rotatable bonds is 5. The lowest BCUT2D eigenvalue weighted by Crippen LogP contribution is -2.49. The Balaban J connectivity index is 1.85. The van der Waals surface area contributed by atoms with Crippen LogP contribution in [0.1, 0.15) is 39.2 Å². The molecule has 0 bridgehead atoms. The molecule has 1 saturated heterocycles. The van der Waals surface area contributed by atoms with Gasteiger partial charge in [-0.1, -0.05) is 6.92 Å². The van der Waals surface area contributed by atoms with Gasteiger partial charge in [0.05, 0.1) is 16.7 Å². The summed E-state index contributed by atoms with van der Waals surface area (Å²) in [6.45, 7) is 7.92. The van der Waals surface area contributed by atoms with Crippen molar-refractivity contribution in [1.82, 2.24) is 10.3 Å². The van der Waals surface area contributed by atoms with E-state index in [1.54, 1.807) is 32.0 Å². The van der Waals surface area contributed by atoms with E-state index in [9.17, 15) is 18.3 Å². The molecule has 1 aromatic carbocycles. The highest BCUT2D eigenvalue weighted by Crippen LogP contribution is 2.38. The summed E-state index contributed by atoms with van der Waals surface area (Å²) in [6.07, 6.45) is -1.38. The van der Waals surface area contributed by atoms with Gasteiger partial charge in [0.1, 0.15) is 0 Å². The van der Waals surface area contributed by atoms with Crippen LogP contribution in [0.4, 0.5) is 18.9 Å². The predicted octanol–water partition coefficient (Wildman–Crippen LogP) is 4.22. The number of hydrogen-bond acceptors (Lipinski definition) is 4. The number of benzene rings is 1. The quantitative estimate of drug-likeness (QED) is 0.796. The van der Waals surface area contributed by atoms with Gasteiger partial charge in [-0.3, -0.25) is 4.98 Å². The Morgan fingerprint density at radius 1 is 1.21 bits per heavy atom. The van der Waals surface area contributed by atoms with Crippen molar-refractivity contribution in [3.8, 4) is 0 Å². The fourth-order valence-electron chi connectivity index (χ4n) is 3.94. The normalized spacial score (nSPS) is 21.3. The maximum Gasteiger partial charge on any atom is 0.418 e. The third-order valence-corrected chi connectivity index (χ3v) is 5.22. The first-order valence-electron chi connectivity index (χ1n) is 9.70. The Kier molecular flexibility index (Phi) is 5.87. The fourth-order valence-corrected chi connectivity index (χ4v) is 3.94. The topological polar surface area (TPSA) is 48.4 Å². The highest BCUT2D eigenvalue weighted by molar-refractivity contribution is 5.94. The molecule has 2 atom stereocenters.